The summed E-state index contributed by atoms with van der Waals surface area (Å²) in [5.74, 6) is -0.586. The summed E-state index contributed by atoms with van der Waals surface area (Å²) in [5, 5.41) is 4.14. The highest BCUT2D eigenvalue weighted by molar-refractivity contribution is 5.37. The summed E-state index contributed by atoms with van der Waals surface area (Å²) in [6.45, 7) is 1.85. The van der Waals surface area contributed by atoms with Crippen molar-refractivity contribution in [3.8, 4) is 0 Å². The first kappa shape index (κ1) is 12.3. The Balaban J connectivity index is 2.02. The summed E-state index contributed by atoms with van der Waals surface area (Å²) in [6.07, 6.45) is -1.06. The fraction of sp³-hybridized carbons (Fsp3) is 0.727. The lowest BCUT2D eigenvalue weighted by Gasteiger charge is -2.30. The van der Waals surface area contributed by atoms with Crippen molar-refractivity contribution in [2.24, 2.45) is 5.92 Å². The van der Waals surface area contributed by atoms with Gasteiger partial charge in [-0.05, 0) is 32.6 Å². The molecule has 0 aliphatic heterocycles. The normalized spacial score (nSPS) is 26.1. The van der Waals surface area contributed by atoms with Crippen LogP contribution in [0.25, 0.3) is 0 Å². The number of nitrogens with two attached hydrogens (primary N) is 1. The van der Waals surface area contributed by atoms with Crippen LogP contribution in [-0.2, 0) is 0 Å². The number of anilines is 1. The van der Waals surface area contributed by atoms with Gasteiger partial charge in [0.05, 0.1) is 18.2 Å². The molecule has 0 aromatic carbocycles. The third-order valence-corrected chi connectivity index (χ3v) is 3.53. The highest BCUT2D eigenvalue weighted by Crippen LogP contribution is 2.41. The van der Waals surface area contributed by atoms with Gasteiger partial charge in [0, 0.05) is 5.56 Å². The lowest BCUT2D eigenvalue weighted by Crippen LogP contribution is -2.29. The van der Waals surface area contributed by atoms with Gasteiger partial charge in [-0.1, -0.05) is 0 Å². The first-order valence-electron chi connectivity index (χ1n) is 5.76. The van der Waals surface area contributed by atoms with Crippen molar-refractivity contribution >= 4 is 5.82 Å². The number of halogens is 3. The minimum Gasteiger partial charge on any atom is -0.384 e. The van der Waals surface area contributed by atoms with E-state index in [0.717, 1.165) is 5.56 Å². The first-order chi connectivity index (χ1) is 7.89. The van der Waals surface area contributed by atoms with E-state index in [1.807, 2.05) is 6.92 Å². The zero-order chi connectivity index (χ0) is 12.6. The summed E-state index contributed by atoms with van der Waals surface area (Å²) in [4.78, 5) is 0. The van der Waals surface area contributed by atoms with Crippen LogP contribution in [0.1, 0.15) is 37.3 Å². The highest BCUT2D eigenvalue weighted by Gasteiger charge is 2.41. The van der Waals surface area contributed by atoms with Crippen molar-refractivity contribution in [1.82, 2.24) is 9.78 Å². The van der Waals surface area contributed by atoms with E-state index >= 15 is 0 Å². The third kappa shape index (κ3) is 2.40. The van der Waals surface area contributed by atoms with Crippen LogP contribution in [0.2, 0.25) is 0 Å². The predicted molar refractivity (Wildman–Crippen MR) is 58.4 cm³/mol. The second-order valence-electron chi connectivity index (χ2n) is 4.70. The summed E-state index contributed by atoms with van der Waals surface area (Å²) >= 11 is 0. The molecule has 2 rings (SSSR count). The van der Waals surface area contributed by atoms with Crippen LogP contribution in [-0.4, -0.2) is 16.0 Å². The molecular weight excluding hydrogens is 231 g/mol. The lowest BCUT2D eigenvalue weighted by molar-refractivity contribution is -0.183. The van der Waals surface area contributed by atoms with Gasteiger partial charge in [-0.15, -0.1) is 0 Å². The van der Waals surface area contributed by atoms with Crippen LogP contribution in [0.5, 0.6) is 0 Å². The molecule has 0 atom stereocenters. The second kappa shape index (κ2) is 4.23. The molecule has 1 aromatic rings. The molecule has 1 heterocycles. The third-order valence-electron chi connectivity index (χ3n) is 3.53. The van der Waals surface area contributed by atoms with Crippen LogP contribution < -0.4 is 5.73 Å². The summed E-state index contributed by atoms with van der Waals surface area (Å²) < 4.78 is 39.2. The van der Waals surface area contributed by atoms with Gasteiger partial charge in [-0.3, -0.25) is 0 Å². The Hall–Kier alpha value is -1.20. The van der Waals surface area contributed by atoms with Gasteiger partial charge in [0.2, 0.25) is 0 Å². The van der Waals surface area contributed by atoms with E-state index in [-0.39, 0.29) is 18.9 Å². The maximum atomic E-state index is 12.5. The Bertz CT molecular complexity index is 389. The minimum absolute atomic E-state index is 0.0160. The summed E-state index contributed by atoms with van der Waals surface area (Å²) in [6, 6.07) is 0.0160. The molecule has 2 N–H and O–H groups in total. The molecule has 3 nitrogen and oxygen atoms in total. The molecule has 6 heteroatoms. The molecular formula is C11H16F3N3. The van der Waals surface area contributed by atoms with Gasteiger partial charge < -0.3 is 5.73 Å². The van der Waals surface area contributed by atoms with E-state index in [9.17, 15) is 13.2 Å². The van der Waals surface area contributed by atoms with Gasteiger partial charge in [0.1, 0.15) is 5.82 Å². The molecule has 17 heavy (non-hydrogen) atoms. The van der Waals surface area contributed by atoms with Crippen LogP contribution in [0.4, 0.5) is 19.0 Å². The van der Waals surface area contributed by atoms with Crippen molar-refractivity contribution in [3.63, 3.8) is 0 Å². The molecule has 1 aliphatic carbocycles. The van der Waals surface area contributed by atoms with Crippen molar-refractivity contribution in [2.45, 2.75) is 44.8 Å². The average molecular weight is 247 g/mol. The van der Waals surface area contributed by atoms with Gasteiger partial charge >= 0.3 is 6.18 Å². The predicted octanol–water partition coefficient (Wildman–Crippen LogP) is 3.07. The maximum absolute atomic E-state index is 12.5. The molecule has 0 amide bonds. The molecule has 0 spiro atoms. The highest BCUT2D eigenvalue weighted by atomic mass is 19.4. The first-order valence-corrected chi connectivity index (χ1v) is 5.76. The molecule has 1 saturated carbocycles. The van der Waals surface area contributed by atoms with Crippen LogP contribution >= 0.6 is 0 Å². The van der Waals surface area contributed by atoms with E-state index in [0.29, 0.717) is 18.7 Å². The number of aryl methyl sites for hydroxylation is 1. The fourth-order valence-electron chi connectivity index (χ4n) is 2.40. The summed E-state index contributed by atoms with van der Waals surface area (Å²) in [5.41, 5.74) is 6.71. The van der Waals surface area contributed by atoms with Gasteiger partial charge in [-0.2, -0.15) is 18.3 Å². The number of hydrogen-bond acceptors (Lipinski definition) is 2. The molecule has 0 bridgehead atoms. The topological polar surface area (TPSA) is 43.8 Å². The molecule has 1 aromatic heterocycles. The Kier molecular flexibility index (Phi) is 3.05. The quantitative estimate of drug-likeness (QED) is 0.828. The van der Waals surface area contributed by atoms with Crippen molar-refractivity contribution < 1.29 is 13.2 Å². The largest absolute Gasteiger partial charge is 0.391 e. The second-order valence-corrected chi connectivity index (χ2v) is 4.70. The minimum atomic E-state index is -4.06. The lowest BCUT2D eigenvalue weighted by atomic mass is 9.85. The van der Waals surface area contributed by atoms with E-state index in [2.05, 4.69) is 5.10 Å². The Labute approximate surface area is 97.8 Å². The van der Waals surface area contributed by atoms with Crippen molar-refractivity contribution in [2.75, 3.05) is 5.73 Å². The standard InChI is InChI=1S/C11H16F3N3/c1-7-6-16-17(10(7)15)9-4-2-8(3-5-9)11(12,13)14/h6,8-9H,2-5,15H2,1H3. The van der Waals surface area contributed by atoms with E-state index < -0.39 is 12.1 Å². The number of nitrogen functional groups attached to an aromatic ring is 1. The van der Waals surface area contributed by atoms with E-state index in [1.165, 1.54) is 0 Å². The summed E-state index contributed by atoms with van der Waals surface area (Å²) in [7, 11) is 0. The molecule has 1 aliphatic rings. The Morgan fingerprint density at radius 2 is 1.88 bits per heavy atom. The van der Waals surface area contributed by atoms with Gasteiger partial charge in [0.15, 0.2) is 0 Å². The Morgan fingerprint density at radius 3 is 2.29 bits per heavy atom. The Morgan fingerprint density at radius 1 is 1.29 bits per heavy atom. The van der Waals surface area contributed by atoms with E-state index in [4.69, 9.17) is 5.73 Å². The van der Waals surface area contributed by atoms with Crippen molar-refractivity contribution in [1.29, 1.82) is 0 Å². The zero-order valence-corrected chi connectivity index (χ0v) is 9.67. The van der Waals surface area contributed by atoms with Crippen molar-refractivity contribution in [3.05, 3.63) is 11.8 Å². The number of nitrogens with zero attached hydrogens (tertiary/aromatic N) is 2. The maximum Gasteiger partial charge on any atom is 0.391 e. The molecule has 0 unspecified atom stereocenters. The number of rotatable bonds is 1. The molecule has 0 saturated heterocycles. The smallest absolute Gasteiger partial charge is 0.384 e. The van der Waals surface area contributed by atoms with E-state index in [1.54, 1.807) is 10.9 Å². The zero-order valence-electron chi connectivity index (χ0n) is 9.67. The monoisotopic (exact) mass is 247 g/mol. The molecule has 96 valence electrons. The fourth-order valence-corrected chi connectivity index (χ4v) is 2.40. The molecule has 0 radical (unpaired) electrons. The van der Waals surface area contributed by atoms with Crippen LogP contribution in [0.3, 0.4) is 0 Å². The van der Waals surface area contributed by atoms with Gasteiger partial charge in [-0.25, -0.2) is 4.68 Å². The number of hydrogen-bond donors (Lipinski definition) is 1. The van der Waals surface area contributed by atoms with Gasteiger partial charge in [0.25, 0.3) is 0 Å². The SMILES string of the molecule is Cc1cnn(C2CCC(C(F)(F)F)CC2)c1N. The molecule has 1 fully saturated rings. The van der Waals surface area contributed by atoms with Crippen LogP contribution in [0.15, 0.2) is 6.20 Å². The average Bonchev–Trinajstić information content (AvgIpc) is 2.59. The number of alkyl halides is 3. The number of aromatic nitrogens is 2. The van der Waals surface area contributed by atoms with Crippen LogP contribution in [0, 0.1) is 12.8 Å².